The zero-order valence-corrected chi connectivity index (χ0v) is 20.3. The van der Waals surface area contributed by atoms with Gasteiger partial charge in [-0.05, 0) is 77.8 Å². The molecule has 2 aromatic rings. The largest absolute Gasteiger partial charge is 0.489 e. The second-order valence-electron chi connectivity index (χ2n) is 8.60. The fourth-order valence-electron chi connectivity index (χ4n) is 4.17. The summed E-state index contributed by atoms with van der Waals surface area (Å²) in [6, 6.07) is 10.4. The summed E-state index contributed by atoms with van der Waals surface area (Å²) in [5.74, 6) is 0.853. The lowest BCUT2D eigenvalue weighted by Gasteiger charge is -2.34. The van der Waals surface area contributed by atoms with Crippen molar-refractivity contribution in [2.24, 2.45) is 0 Å². The molecule has 2 aliphatic rings. The van der Waals surface area contributed by atoms with Gasteiger partial charge >= 0.3 is 12.2 Å². The molecule has 10 heteroatoms. The maximum absolute atomic E-state index is 12.9. The van der Waals surface area contributed by atoms with Crippen LogP contribution in [0.1, 0.15) is 24.0 Å². The number of urea groups is 1. The highest BCUT2D eigenvalue weighted by Crippen LogP contribution is 2.31. The first-order valence-electron chi connectivity index (χ1n) is 11.4. The van der Waals surface area contributed by atoms with Crippen molar-refractivity contribution in [2.75, 3.05) is 44.6 Å². The number of amides is 2. The highest BCUT2D eigenvalue weighted by Gasteiger charge is 2.30. The van der Waals surface area contributed by atoms with E-state index in [9.17, 15) is 18.0 Å². The summed E-state index contributed by atoms with van der Waals surface area (Å²) >= 11 is 3.63. The van der Waals surface area contributed by atoms with E-state index in [-0.39, 0.29) is 17.8 Å². The molecule has 2 N–H and O–H groups in total. The molecule has 0 radical (unpaired) electrons. The summed E-state index contributed by atoms with van der Waals surface area (Å²) in [6.07, 6.45) is -2.21. The van der Waals surface area contributed by atoms with Gasteiger partial charge in [-0.3, -0.25) is 4.90 Å². The summed E-state index contributed by atoms with van der Waals surface area (Å²) in [5.41, 5.74) is 0.499. The number of carbonyl (C=O) groups is 1. The Kier molecular flexibility index (Phi) is 8.00. The number of anilines is 1. The molecule has 184 valence electrons. The zero-order valence-electron chi connectivity index (χ0n) is 18.7. The third kappa shape index (κ3) is 6.64. The number of benzene rings is 2. The Morgan fingerprint density at radius 1 is 1.09 bits per heavy atom. The van der Waals surface area contributed by atoms with Gasteiger partial charge in [0.25, 0.3) is 0 Å². The summed E-state index contributed by atoms with van der Waals surface area (Å²) in [5, 5.41) is 5.91. The van der Waals surface area contributed by atoms with Crippen molar-refractivity contribution in [1.82, 2.24) is 15.1 Å². The Hall–Kier alpha value is -2.30. The van der Waals surface area contributed by atoms with Crippen molar-refractivity contribution in [3.63, 3.8) is 0 Å². The maximum Gasteiger partial charge on any atom is 0.416 e. The van der Waals surface area contributed by atoms with Crippen molar-refractivity contribution in [3.05, 3.63) is 58.1 Å². The standard InChI is InChI=1S/C24H28BrF3N4O2/c25-21-14-17(4-5-22(21)34-20-6-8-29-9-7-20)16-31-10-12-32(13-11-31)23(33)30-19-3-1-2-18(15-19)24(26,27)28/h1-5,14-15,20,29H,6-13,16H2,(H,30,33). The monoisotopic (exact) mass is 540 g/mol. The van der Waals surface area contributed by atoms with Crippen LogP contribution in [-0.4, -0.2) is 61.2 Å². The van der Waals surface area contributed by atoms with E-state index >= 15 is 0 Å². The Morgan fingerprint density at radius 3 is 2.50 bits per heavy atom. The first kappa shape index (κ1) is 24.8. The van der Waals surface area contributed by atoms with Gasteiger partial charge in [0.15, 0.2) is 0 Å². The summed E-state index contributed by atoms with van der Waals surface area (Å²) in [6.45, 7) is 5.07. The second kappa shape index (κ2) is 11.0. The zero-order chi connectivity index (χ0) is 24.1. The van der Waals surface area contributed by atoms with Gasteiger partial charge in [0, 0.05) is 38.4 Å². The van der Waals surface area contributed by atoms with Crippen LogP contribution in [0, 0.1) is 0 Å². The van der Waals surface area contributed by atoms with E-state index in [0.717, 1.165) is 60.4 Å². The molecule has 2 fully saturated rings. The fourth-order valence-corrected chi connectivity index (χ4v) is 4.69. The molecule has 6 nitrogen and oxygen atoms in total. The summed E-state index contributed by atoms with van der Waals surface area (Å²) in [4.78, 5) is 16.4. The molecule has 2 heterocycles. The molecule has 2 saturated heterocycles. The highest BCUT2D eigenvalue weighted by atomic mass is 79.9. The predicted molar refractivity (Wildman–Crippen MR) is 128 cm³/mol. The van der Waals surface area contributed by atoms with Crippen LogP contribution in [0.4, 0.5) is 23.7 Å². The van der Waals surface area contributed by atoms with Crippen molar-refractivity contribution in [3.8, 4) is 5.75 Å². The van der Waals surface area contributed by atoms with Crippen LogP contribution in [-0.2, 0) is 12.7 Å². The average molecular weight is 541 g/mol. The predicted octanol–water partition coefficient (Wildman–Crippen LogP) is 4.95. The minimum absolute atomic E-state index is 0.138. The van der Waals surface area contributed by atoms with Crippen molar-refractivity contribution in [2.45, 2.75) is 31.7 Å². The Labute approximate surface area is 205 Å². The molecule has 0 bridgehead atoms. The number of nitrogens with one attached hydrogen (secondary N) is 2. The number of carbonyl (C=O) groups excluding carboxylic acids is 1. The average Bonchev–Trinajstić information content (AvgIpc) is 2.82. The van der Waals surface area contributed by atoms with Gasteiger partial charge in [-0.2, -0.15) is 13.2 Å². The van der Waals surface area contributed by atoms with E-state index in [1.807, 2.05) is 6.07 Å². The van der Waals surface area contributed by atoms with Gasteiger partial charge in [-0.1, -0.05) is 12.1 Å². The van der Waals surface area contributed by atoms with Gasteiger partial charge < -0.3 is 20.3 Å². The molecule has 2 aliphatic heterocycles. The van der Waals surface area contributed by atoms with Crippen molar-refractivity contribution >= 4 is 27.6 Å². The number of piperidine rings is 1. The minimum atomic E-state index is -4.45. The third-order valence-electron chi connectivity index (χ3n) is 6.08. The number of rotatable bonds is 5. The summed E-state index contributed by atoms with van der Waals surface area (Å²) in [7, 11) is 0. The second-order valence-corrected chi connectivity index (χ2v) is 9.46. The quantitative estimate of drug-likeness (QED) is 0.563. The first-order chi connectivity index (χ1) is 16.3. The van der Waals surface area contributed by atoms with E-state index in [0.29, 0.717) is 26.2 Å². The Bertz CT molecular complexity index is 990. The van der Waals surface area contributed by atoms with E-state index in [1.54, 1.807) is 4.90 Å². The Balaban J connectivity index is 1.26. The van der Waals surface area contributed by atoms with Gasteiger partial charge in [-0.25, -0.2) is 4.79 Å². The highest BCUT2D eigenvalue weighted by molar-refractivity contribution is 9.10. The Morgan fingerprint density at radius 2 is 1.82 bits per heavy atom. The summed E-state index contributed by atoms with van der Waals surface area (Å²) < 4.78 is 45.7. The van der Waals surface area contributed by atoms with Crippen LogP contribution >= 0.6 is 15.9 Å². The number of alkyl halides is 3. The number of hydrogen-bond acceptors (Lipinski definition) is 4. The maximum atomic E-state index is 12.9. The molecule has 2 aromatic carbocycles. The van der Waals surface area contributed by atoms with Gasteiger partial charge in [0.2, 0.25) is 0 Å². The molecular weight excluding hydrogens is 513 g/mol. The molecule has 0 aliphatic carbocycles. The smallest absolute Gasteiger partial charge is 0.416 e. The molecule has 0 saturated carbocycles. The number of piperazine rings is 1. The molecule has 0 unspecified atom stereocenters. The van der Waals surface area contributed by atoms with Crippen LogP contribution in [0.25, 0.3) is 0 Å². The van der Waals surface area contributed by atoms with E-state index < -0.39 is 11.7 Å². The molecule has 0 atom stereocenters. The van der Waals surface area contributed by atoms with Crippen LogP contribution in [0.3, 0.4) is 0 Å². The lowest BCUT2D eigenvalue weighted by Crippen LogP contribution is -2.49. The third-order valence-corrected chi connectivity index (χ3v) is 6.70. The van der Waals surface area contributed by atoms with Gasteiger partial charge in [-0.15, -0.1) is 0 Å². The molecule has 0 aromatic heterocycles. The first-order valence-corrected chi connectivity index (χ1v) is 12.2. The van der Waals surface area contributed by atoms with Crippen molar-refractivity contribution in [1.29, 1.82) is 0 Å². The van der Waals surface area contributed by atoms with Crippen LogP contribution < -0.4 is 15.4 Å². The fraction of sp³-hybridized carbons (Fsp3) is 0.458. The van der Waals surface area contributed by atoms with E-state index in [1.165, 1.54) is 12.1 Å². The van der Waals surface area contributed by atoms with Crippen LogP contribution in [0.2, 0.25) is 0 Å². The van der Waals surface area contributed by atoms with Crippen LogP contribution in [0.5, 0.6) is 5.75 Å². The van der Waals surface area contributed by atoms with E-state index in [4.69, 9.17) is 4.74 Å². The van der Waals surface area contributed by atoms with Gasteiger partial charge in [0.1, 0.15) is 11.9 Å². The molecule has 2 amide bonds. The minimum Gasteiger partial charge on any atom is -0.489 e. The lowest BCUT2D eigenvalue weighted by atomic mass is 10.1. The number of nitrogens with zero attached hydrogens (tertiary/aromatic N) is 2. The molecule has 0 spiro atoms. The topological polar surface area (TPSA) is 56.8 Å². The lowest BCUT2D eigenvalue weighted by molar-refractivity contribution is -0.137. The normalized spacial score (nSPS) is 18.1. The molecular formula is C24H28BrF3N4O2. The van der Waals surface area contributed by atoms with E-state index in [2.05, 4.69) is 43.6 Å². The SMILES string of the molecule is O=C(Nc1cccc(C(F)(F)F)c1)N1CCN(Cc2ccc(OC3CCNCC3)c(Br)c2)CC1. The van der Waals surface area contributed by atoms with Crippen LogP contribution in [0.15, 0.2) is 46.9 Å². The number of ether oxygens (including phenoxy) is 1. The number of halogens is 4. The molecule has 34 heavy (non-hydrogen) atoms. The van der Waals surface area contributed by atoms with Gasteiger partial charge in [0.05, 0.1) is 10.0 Å². The number of hydrogen-bond donors (Lipinski definition) is 2. The molecule has 4 rings (SSSR count). The van der Waals surface area contributed by atoms with Crippen molar-refractivity contribution < 1.29 is 22.7 Å².